The summed E-state index contributed by atoms with van der Waals surface area (Å²) in [5.74, 6) is -0.319. The second-order valence-electron chi connectivity index (χ2n) is 5.37. The average molecular weight is 294 g/mol. The van der Waals surface area contributed by atoms with E-state index in [0.29, 0.717) is 24.9 Å². The van der Waals surface area contributed by atoms with Crippen LogP contribution in [0.15, 0.2) is 24.3 Å². The number of anilines is 1. The van der Waals surface area contributed by atoms with E-state index in [0.717, 1.165) is 6.42 Å². The summed E-state index contributed by atoms with van der Waals surface area (Å²) in [6.45, 7) is 1.25. The minimum absolute atomic E-state index is 0.278. The van der Waals surface area contributed by atoms with Gasteiger partial charge in [0, 0.05) is 18.8 Å². The maximum atomic E-state index is 12.7. The van der Waals surface area contributed by atoms with Gasteiger partial charge in [-0.1, -0.05) is 19.3 Å². The minimum Gasteiger partial charge on any atom is -0.378 e. The number of hydrogen-bond acceptors (Lipinski definition) is 2. The average Bonchev–Trinajstić information content (AvgIpc) is 2.50. The fourth-order valence-electron chi connectivity index (χ4n) is 2.46. The Kier molecular flexibility index (Phi) is 6.47. The van der Waals surface area contributed by atoms with Crippen molar-refractivity contribution >= 4 is 11.7 Å². The van der Waals surface area contributed by atoms with Crippen LogP contribution in [0.1, 0.15) is 38.5 Å². The van der Waals surface area contributed by atoms with Crippen molar-refractivity contribution in [1.29, 1.82) is 0 Å². The normalized spacial score (nSPS) is 15.7. The highest BCUT2D eigenvalue weighted by Crippen LogP contribution is 2.20. The highest BCUT2D eigenvalue weighted by molar-refractivity contribution is 5.89. The van der Waals surface area contributed by atoms with Gasteiger partial charge in [-0.15, -0.1) is 0 Å². The van der Waals surface area contributed by atoms with Crippen LogP contribution >= 0.6 is 0 Å². The number of benzene rings is 1. The van der Waals surface area contributed by atoms with Crippen LogP contribution in [-0.2, 0) is 4.74 Å². The third-order valence-electron chi connectivity index (χ3n) is 3.61. The van der Waals surface area contributed by atoms with Crippen LogP contribution in [0.4, 0.5) is 14.9 Å². The number of nitrogens with one attached hydrogen (secondary N) is 2. The zero-order chi connectivity index (χ0) is 14.9. The SMILES string of the molecule is O=C(NCCCOC1CCCCC1)Nc1ccc(F)cc1. The third-order valence-corrected chi connectivity index (χ3v) is 3.61. The third kappa shape index (κ3) is 6.12. The van der Waals surface area contributed by atoms with Gasteiger partial charge in [0.1, 0.15) is 5.82 Å². The molecule has 2 N–H and O–H groups in total. The molecule has 1 aromatic carbocycles. The van der Waals surface area contributed by atoms with Gasteiger partial charge in [0.15, 0.2) is 0 Å². The van der Waals surface area contributed by atoms with Crippen molar-refractivity contribution in [2.24, 2.45) is 0 Å². The van der Waals surface area contributed by atoms with Crippen LogP contribution in [-0.4, -0.2) is 25.3 Å². The van der Waals surface area contributed by atoms with Gasteiger partial charge in [0.2, 0.25) is 0 Å². The number of amides is 2. The van der Waals surface area contributed by atoms with Gasteiger partial charge in [0.05, 0.1) is 6.10 Å². The number of rotatable bonds is 6. The standard InChI is InChI=1S/C16H23FN2O2/c17-13-7-9-14(10-8-13)19-16(20)18-11-4-12-21-15-5-2-1-3-6-15/h7-10,15H,1-6,11-12H2,(H2,18,19,20). The first-order valence-electron chi connectivity index (χ1n) is 7.66. The molecule has 21 heavy (non-hydrogen) atoms. The molecule has 0 atom stereocenters. The molecular formula is C16H23FN2O2. The maximum absolute atomic E-state index is 12.7. The molecule has 1 aliphatic rings. The molecule has 1 saturated carbocycles. The lowest BCUT2D eigenvalue weighted by Crippen LogP contribution is -2.30. The van der Waals surface area contributed by atoms with Gasteiger partial charge in [-0.2, -0.15) is 0 Å². The first-order chi connectivity index (χ1) is 10.2. The topological polar surface area (TPSA) is 50.4 Å². The fraction of sp³-hybridized carbons (Fsp3) is 0.562. The summed E-state index contributed by atoms with van der Waals surface area (Å²) in [5.41, 5.74) is 0.576. The van der Waals surface area contributed by atoms with E-state index >= 15 is 0 Å². The van der Waals surface area contributed by atoms with Crippen molar-refractivity contribution in [3.8, 4) is 0 Å². The van der Waals surface area contributed by atoms with Crippen LogP contribution in [0.25, 0.3) is 0 Å². The molecule has 0 unspecified atom stereocenters. The van der Waals surface area contributed by atoms with Crippen molar-refractivity contribution in [3.05, 3.63) is 30.1 Å². The summed E-state index contributed by atoms with van der Waals surface area (Å²) in [4.78, 5) is 11.6. The van der Waals surface area contributed by atoms with Gasteiger partial charge < -0.3 is 15.4 Å². The predicted octanol–water partition coefficient (Wildman–Crippen LogP) is 3.69. The Labute approximate surface area is 125 Å². The number of carbonyl (C=O) groups excluding carboxylic acids is 1. The van der Waals surface area contributed by atoms with Gasteiger partial charge in [-0.3, -0.25) is 0 Å². The first kappa shape index (κ1) is 15.8. The zero-order valence-electron chi connectivity index (χ0n) is 12.2. The number of ether oxygens (including phenoxy) is 1. The monoisotopic (exact) mass is 294 g/mol. The Morgan fingerprint density at radius 2 is 1.90 bits per heavy atom. The van der Waals surface area contributed by atoms with E-state index in [4.69, 9.17) is 4.74 Å². The Hall–Kier alpha value is -1.62. The molecule has 2 amide bonds. The van der Waals surface area contributed by atoms with E-state index in [1.165, 1.54) is 56.4 Å². The molecule has 116 valence electrons. The van der Waals surface area contributed by atoms with Crippen LogP contribution in [0, 0.1) is 5.82 Å². The summed E-state index contributed by atoms with van der Waals surface area (Å²) in [7, 11) is 0. The summed E-state index contributed by atoms with van der Waals surface area (Å²) < 4.78 is 18.5. The zero-order valence-corrected chi connectivity index (χ0v) is 12.2. The molecule has 0 saturated heterocycles. The second-order valence-corrected chi connectivity index (χ2v) is 5.37. The Balaban J connectivity index is 1.53. The van der Waals surface area contributed by atoms with Crippen LogP contribution in [0.2, 0.25) is 0 Å². The van der Waals surface area contributed by atoms with Crippen molar-refractivity contribution in [3.63, 3.8) is 0 Å². The van der Waals surface area contributed by atoms with Crippen molar-refractivity contribution < 1.29 is 13.9 Å². The largest absolute Gasteiger partial charge is 0.378 e. The summed E-state index contributed by atoms with van der Waals surface area (Å²) in [6.07, 6.45) is 7.40. The molecule has 0 radical (unpaired) electrons. The Morgan fingerprint density at radius 3 is 2.62 bits per heavy atom. The summed E-state index contributed by atoms with van der Waals surface area (Å²) >= 11 is 0. The fourth-order valence-corrected chi connectivity index (χ4v) is 2.46. The van der Waals surface area contributed by atoms with E-state index in [-0.39, 0.29) is 11.8 Å². The molecule has 4 nitrogen and oxygen atoms in total. The molecule has 0 heterocycles. The van der Waals surface area contributed by atoms with Gasteiger partial charge in [-0.05, 0) is 43.5 Å². The highest BCUT2D eigenvalue weighted by atomic mass is 19.1. The predicted molar refractivity (Wildman–Crippen MR) is 80.9 cm³/mol. The first-order valence-corrected chi connectivity index (χ1v) is 7.66. The van der Waals surface area contributed by atoms with E-state index in [9.17, 15) is 9.18 Å². The lowest BCUT2D eigenvalue weighted by Gasteiger charge is -2.21. The van der Waals surface area contributed by atoms with Crippen molar-refractivity contribution in [2.75, 3.05) is 18.5 Å². The lowest BCUT2D eigenvalue weighted by molar-refractivity contribution is 0.0276. The Bertz CT molecular complexity index is 430. The molecule has 1 aliphatic carbocycles. The molecular weight excluding hydrogens is 271 g/mol. The number of urea groups is 1. The minimum atomic E-state index is -0.319. The van der Waals surface area contributed by atoms with Crippen LogP contribution < -0.4 is 10.6 Å². The van der Waals surface area contributed by atoms with Crippen LogP contribution in [0.5, 0.6) is 0 Å². The molecule has 5 heteroatoms. The van der Waals surface area contributed by atoms with Gasteiger partial charge >= 0.3 is 6.03 Å². The molecule has 0 aromatic heterocycles. The van der Waals surface area contributed by atoms with Crippen molar-refractivity contribution in [2.45, 2.75) is 44.6 Å². The molecule has 1 fully saturated rings. The van der Waals surface area contributed by atoms with Crippen LogP contribution in [0.3, 0.4) is 0 Å². The molecule has 0 bridgehead atoms. The number of carbonyl (C=O) groups is 1. The van der Waals surface area contributed by atoms with Gasteiger partial charge in [-0.25, -0.2) is 9.18 Å². The summed E-state index contributed by atoms with van der Waals surface area (Å²) in [5, 5.41) is 5.41. The quantitative estimate of drug-likeness (QED) is 0.786. The van der Waals surface area contributed by atoms with E-state index in [1.807, 2.05) is 0 Å². The number of hydrogen-bond donors (Lipinski definition) is 2. The second kappa shape index (κ2) is 8.62. The van der Waals surface area contributed by atoms with E-state index in [1.54, 1.807) is 0 Å². The molecule has 1 aromatic rings. The van der Waals surface area contributed by atoms with E-state index in [2.05, 4.69) is 10.6 Å². The maximum Gasteiger partial charge on any atom is 0.319 e. The number of halogens is 1. The highest BCUT2D eigenvalue weighted by Gasteiger charge is 2.13. The smallest absolute Gasteiger partial charge is 0.319 e. The van der Waals surface area contributed by atoms with Gasteiger partial charge in [0.25, 0.3) is 0 Å². The molecule has 0 aliphatic heterocycles. The Morgan fingerprint density at radius 1 is 1.19 bits per heavy atom. The van der Waals surface area contributed by atoms with Crippen molar-refractivity contribution in [1.82, 2.24) is 5.32 Å². The summed E-state index contributed by atoms with van der Waals surface area (Å²) in [6, 6.07) is 5.41. The molecule has 2 rings (SSSR count). The van der Waals surface area contributed by atoms with E-state index < -0.39 is 0 Å². The molecule has 0 spiro atoms. The lowest BCUT2D eigenvalue weighted by atomic mass is 9.98.